The molecule has 0 saturated carbocycles. The highest BCUT2D eigenvalue weighted by Gasteiger charge is 2.18. The van der Waals surface area contributed by atoms with Gasteiger partial charge in [-0.2, -0.15) is 0 Å². The van der Waals surface area contributed by atoms with Crippen molar-refractivity contribution < 1.29 is 9.90 Å². The Bertz CT molecular complexity index is 1290. The summed E-state index contributed by atoms with van der Waals surface area (Å²) in [4.78, 5) is 24.1. The van der Waals surface area contributed by atoms with Crippen molar-refractivity contribution in [1.29, 1.82) is 0 Å². The van der Waals surface area contributed by atoms with Crippen LogP contribution in [0.5, 0.6) is 0 Å². The van der Waals surface area contributed by atoms with Crippen molar-refractivity contribution in [3.05, 3.63) is 82.1 Å². The molecule has 0 saturated heterocycles. The van der Waals surface area contributed by atoms with Gasteiger partial charge in [0.15, 0.2) is 28.4 Å². The second-order valence-electron chi connectivity index (χ2n) is 10.2. The molecule has 1 aromatic heterocycles. The number of nitrogens with one attached hydrogen (secondary N) is 2. The van der Waals surface area contributed by atoms with E-state index in [0.717, 1.165) is 44.1 Å². The number of aliphatic imine (C=N–C) groups is 1. The summed E-state index contributed by atoms with van der Waals surface area (Å²) in [7, 11) is 0. The number of halogens is 1. The second kappa shape index (κ2) is 15.9. The molecule has 0 aliphatic carbocycles. The second-order valence-corrected chi connectivity index (χ2v) is 10.6. The number of rotatable bonds is 14. The zero-order valence-corrected chi connectivity index (χ0v) is 24.4. The number of nitrogens with zero attached hydrogens (tertiary/aromatic N) is 3. The lowest BCUT2D eigenvalue weighted by atomic mass is 10.0. The van der Waals surface area contributed by atoms with Crippen LogP contribution in [0.15, 0.2) is 59.6 Å². The summed E-state index contributed by atoms with van der Waals surface area (Å²) in [6, 6.07) is 18.8. The molecule has 2 aromatic carbocycles. The minimum absolute atomic E-state index is 0.0176. The first-order valence-corrected chi connectivity index (χ1v) is 14.3. The summed E-state index contributed by atoms with van der Waals surface area (Å²) >= 11 is 5.81. The van der Waals surface area contributed by atoms with E-state index in [4.69, 9.17) is 28.8 Å². The van der Waals surface area contributed by atoms with Crippen LogP contribution in [0.3, 0.4) is 0 Å². The highest BCUT2D eigenvalue weighted by molar-refractivity contribution is 6.31. The molecule has 0 radical (unpaired) electrons. The number of hydrogen-bond donors (Lipinski definition) is 6. The summed E-state index contributed by atoms with van der Waals surface area (Å²) in [5.41, 5.74) is 20.4. The van der Waals surface area contributed by atoms with Crippen molar-refractivity contribution in [3.63, 3.8) is 0 Å². The third kappa shape index (κ3) is 10.3. The molecule has 3 aromatic rings. The number of nitrogen functional groups attached to an aromatic ring is 2. The average molecular weight is 581 g/mol. The molecule has 41 heavy (non-hydrogen) atoms. The van der Waals surface area contributed by atoms with Gasteiger partial charge in [0, 0.05) is 18.6 Å². The molecule has 3 atom stereocenters. The average Bonchev–Trinajstić information content (AvgIpc) is 2.95. The molecule has 0 spiro atoms. The standard InChI is InChI=1S/C30H41ClN8O2/c1-19(36-20(2)25(40)23-12-4-3-5-13-23)9-8-11-22-16-14-21(15-17-22)10-6-7-18-35-30(34)39-29(41)24-27(32)38-28(33)26(31)37-24/h3-5,12-17,19-20,25,36,40H,6-11,18H2,1-2H3,(H4,32,33,38)(H3,34,35,39,41)/t19-,20-,25-/m0/s1. The number of aliphatic hydroxyl groups excluding tert-OH is 1. The third-order valence-electron chi connectivity index (χ3n) is 6.80. The van der Waals surface area contributed by atoms with Crippen molar-refractivity contribution in [1.82, 2.24) is 20.6 Å². The Morgan fingerprint density at radius 1 is 0.951 bits per heavy atom. The molecule has 0 fully saturated rings. The third-order valence-corrected chi connectivity index (χ3v) is 7.08. The van der Waals surface area contributed by atoms with Crippen LogP contribution < -0.4 is 27.8 Å². The lowest BCUT2D eigenvalue weighted by Gasteiger charge is -2.24. The molecule has 9 N–H and O–H groups in total. The summed E-state index contributed by atoms with van der Waals surface area (Å²) in [6.45, 7) is 4.67. The Balaban J connectivity index is 1.31. The predicted molar refractivity (Wildman–Crippen MR) is 166 cm³/mol. The number of guanidine groups is 1. The Morgan fingerprint density at radius 2 is 1.59 bits per heavy atom. The molecule has 1 heterocycles. The first-order valence-electron chi connectivity index (χ1n) is 13.9. The van der Waals surface area contributed by atoms with Gasteiger partial charge >= 0.3 is 0 Å². The number of carbonyl (C=O) groups is 1. The number of aryl methyl sites for hydroxylation is 2. The molecule has 0 unspecified atom stereocenters. The fourth-order valence-electron chi connectivity index (χ4n) is 4.51. The van der Waals surface area contributed by atoms with Crippen LogP contribution in [0, 0.1) is 0 Å². The Kier molecular flexibility index (Phi) is 12.3. The number of benzene rings is 2. The minimum atomic E-state index is -0.652. The van der Waals surface area contributed by atoms with Crippen LogP contribution in [0.25, 0.3) is 0 Å². The monoisotopic (exact) mass is 580 g/mol. The van der Waals surface area contributed by atoms with E-state index in [1.54, 1.807) is 0 Å². The number of anilines is 2. The Hall–Kier alpha value is -3.73. The Morgan fingerprint density at radius 3 is 2.24 bits per heavy atom. The van der Waals surface area contributed by atoms with E-state index in [2.05, 4.69) is 56.8 Å². The van der Waals surface area contributed by atoms with Crippen LogP contribution >= 0.6 is 11.6 Å². The van der Waals surface area contributed by atoms with E-state index in [1.807, 2.05) is 37.3 Å². The van der Waals surface area contributed by atoms with Gasteiger partial charge in [0.05, 0.1) is 6.10 Å². The highest BCUT2D eigenvalue weighted by Crippen LogP contribution is 2.18. The first kappa shape index (κ1) is 31.8. The van der Waals surface area contributed by atoms with Gasteiger partial charge in [0.2, 0.25) is 0 Å². The SMILES string of the molecule is C[C@H](N[C@@H](C)CCCc1ccc(CCCCN=C(N)NC(=O)c2nc(Cl)c(N)nc2N)cc1)[C@H](O)c1ccccc1. The fraction of sp³-hybridized carbons (Fsp3) is 0.400. The zero-order chi connectivity index (χ0) is 29.8. The van der Waals surface area contributed by atoms with E-state index in [-0.39, 0.29) is 34.5 Å². The summed E-state index contributed by atoms with van der Waals surface area (Å²) in [6.07, 6.45) is 5.28. The van der Waals surface area contributed by atoms with Gasteiger partial charge in [-0.05, 0) is 69.1 Å². The number of unbranched alkanes of at least 4 members (excludes halogenated alkanes) is 1. The zero-order valence-electron chi connectivity index (χ0n) is 23.7. The molecule has 220 valence electrons. The quantitative estimate of drug-likeness (QED) is 0.0947. The van der Waals surface area contributed by atoms with Crippen molar-refractivity contribution in [2.45, 2.75) is 70.6 Å². The van der Waals surface area contributed by atoms with Gasteiger partial charge in [-0.1, -0.05) is 66.2 Å². The maximum atomic E-state index is 12.3. The fourth-order valence-corrected chi connectivity index (χ4v) is 4.64. The smallest absolute Gasteiger partial charge is 0.280 e. The number of carbonyl (C=O) groups excluding carboxylic acids is 1. The number of aliphatic hydroxyl groups is 1. The molecule has 0 aliphatic heterocycles. The molecular formula is C30H41ClN8O2. The van der Waals surface area contributed by atoms with E-state index in [0.29, 0.717) is 12.6 Å². The molecule has 10 nitrogen and oxygen atoms in total. The maximum Gasteiger partial charge on any atom is 0.280 e. The topological polar surface area (TPSA) is 178 Å². The minimum Gasteiger partial charge on any atom is -0.387 e. The van der Waals surface area contributed by atoms with Crippen LogP contribution in [-0.2, 0) is 12.8 Å². The maximum absolute atomic E-state index is 12.3. The van der Waals surface area contributed by atoms with E-state index in [1.165, 1.54) is 11.1 Å². The van der Waals surface area contributed by atoms with Gasteiger partial charge in [-0.15, -0.1) is 0 Å². The number of nitrogens with two attached hydrogens (primary N) is 3. The number of amides is 1. The van der Waals surface area contributed by atoms with E-state index >= 15 is 0 Å². The molecule has 11 heteroatoms. The summed E-state index contributed by atoms with van der Waals surface area (Å²) in [5, 5.41) is 16.4. The van der Waals surface area contributed by atoms with Crippen molar-refractivity contribution in [3.8, 4) is 0 Å². The molecule has 3 rings (SSSR count). The number of hydrogen-bond acceptors (Lipinski definition) is 8. The van der Waals surface area contributed by atoms with Crippen molar-refractivity contribution in [2.75, 3.05) is 18.0 Å². The van der Waals surface area contributed by atoms with Crippen LogP contribution in [-0.4, -0.2) is 45.6 Å². The molecule has 0 bridgehead atoms. The van der Waals surface area contributed by atoms with Crippen LogP contribution in [0.1, 0.15) is 72.8 Å². The van der Waals surface area contributed by atoms with Crippen LogP contribution in [0.4, 0.5) is 11.6 Å². The summed E-state index contributed by atoms with van der Waals surface area (Å²) in [5.74, 6) is -0.873. The largest absolute Gasteiger partial charge is 0.387 e. The first-order chi connectivity index (χ1) is 19.6. The van der Waals surface area contributed by atoms with Gasteiger partial charge < -0.3 is 27.6 Å². The van der Waals surface area contributed by atoms with Crippen molar-refractivity contribution >= 4 is 35.1 Å². The van der Waals surface area contributed by atoms with Gasteiger partial charge in [0.25, 0.3) is 5.91 Å². The van der Waals surface area contributed by atoms with E-state index < -0.39 is 12.0 Å². The predicted octanol–water partition coefficient (Wildman–Crippen LogP) is 3.78. The van der Waals surface area contributed by atoms with Crippen molar-refractivity contribution in [2.24, 2.45) is 10.7 Å². The van der Waals surface area contributed by atoms with Gasteiger partial charge in [-0.3, -0.25) is 15.1 Å². The van der Waals surface area contributed by atoms with E-state index in [9.17, 15) is 9.90 Å². The normalized spacial score (nSPS) is 13.9. The Labute approximate surface area is 246 Å². The lowest BCUT2D eigenvalue weighted by Crippen LogP contribution is -2.38. The molecular weight excluding hydrogens is 540 g/mol. The van der Waals surface area contributed by atoms with Gasteiger partial charge in [0.1, 0.15) is 0 Å². The molecule has 1 amide bonds. The lowest BCUT2D eigenvalue weighted by molar-refractivity contribution is 0.0972. The number of aromatic nitrogens is 2. The van der Waals surface area contributed by atoms with Crippen LogP contribution in [0.2, 0.25) is 5.15 Å². The summed E-state index contributed by atoms with van der Waals surface area (Å²) < 4.78 is 0. The van der Waals surface area contributed by atoms with Gasteiger partial charge in [-0.25, -0.2) is 9.97 Å². The highest BCUT2D eigenvalue weighted by atomic mass is 35.5. The molecule has 0 aliphatic rings.